The molecular weight excluding hydrogens is 382 g/mol. The van der Waals surface area contributed by atoms with Gasteiger partial charge in [-0.3, -0.25) is 9.78 Å². The number of carbonyl (C=O) groups is 1. The van der Waals surface area contributed by atoms with Crippen molar-refractivity contribution in [2.75, 3.05) is 19.0 Å². The minimum Gasteiger partial charge on any atom is -0.489 e. The van der Waals surface area contributed by atoms with Crippen molar-refractivity contribution in [1.29, 1.82) is 0 Å². The zero-order chi connectivity index (χ0) is 21.3. The monoisotopic (exact) mass is 407 g/mol. The van der Waals surface area contributed by atoms with Gasteiger partial charge in [0.05, 0.1) is 24.7 Å². The number of benzene rings is 2. The van der Waals surface area contributed by atoms with Crippen LogP contribution in [-0.4, -0.2) is 35.7 Å². The van der Waals surface area contributed by atoms with Crippen molar-refractivity contribution in [1.82, 2.24) is 9.97 Å². The van der Waals surface area contributed by atoms with Crippen molar-refractivity contribution >= 4 is 11.7 Å². The van der Waals surface area contributed by atoms with Gasteiger partial charge in [-0.25, -0.2) is 4.98 Å². The van der Waals surface area contributed by atoms with E-state index < -0.39 is 0 Å². The Morgan fingerprint density at radius 3 is 2.53 bits per heavy atom. The zero-order valence-electron chi connectivity index (χ0n) is 17.3. The maximum atomic E-state index is 12.8. The molecule has 0 saturated heterocycles. The first-order valence-corrected chi connectivity index (χ1v) is 9.61. The first kappa shape index (κ1) is 21.3. The van der Waals surface area contributed by atoms with Crippen LogP contribution in [0.3, 0.4) is 0 Å². The maximum absolute atomic E-state index is 12.8. The second-order valence-corrected chi connectivity index (χ2v) is 6.85. The summed E-state index contributed by atoms with van der Waals surface area (Å²) in [7, 11) is 1.61. The number of anilines is 1. The van der Waals surface area contributed by atoms with Crippen LogP contribution in [0.5, 0.6) is 11.5 Å². The molecule has 0 aliphatic rings. The molecule has 0 aliphatic carbocycles. The Morgan fingerprint density at radius 1 is 1.07 bits per heavy atom. The smallest absolute Gasteiger partial charge is 0.257 e. The standard InChI is InChI=1S/C23H25N3O4/c1-16-12-25-22(13-24-16)26-23(27)19-9-20(29-15-18-7-5-4-6-8-18)11-21(10-19)30-17(2)14-28-3/h4-13,17H,14-15H2,1-3H3,(H,25,26,27). The van der Waals surface area contributed by atoms with Gasteiger partial charge in [-0.2, -0.15) is 0 Å². The Labute approximate surface area is 176 Å². The molecule has 0 saturated carbocycles. The first-order valence-electron chi connectivity index (χ1n) is 9.61. The first-order chi connectivity index (χ1) is 14.5. The molecule has 1 amide bonds. The molecule has 3 aromatic rings. The van der Waals surface area contributed by atoms with Gasteiger partial charge in [0.1, 0.15) is 24.2 Å². The van der Waals surface area contributed by atoms with Crippen molar-refractivity contribution < 1.29 is 19.0 Å². The number of aryl methyl sites for hydroxylation is 1. The van der Waals surface area contributed by atoms with Gasteiger partial charge in [-0.1, -0.05) is 30.3 Å². The maximum Gasteiger partial charge on any atom is 0.257 e. The Kier molecular flexibility index (Phi) is 7.34. The van der Waals surface area contributed by atoms with Gasteiger partial charge in [-0.05, 0) is 31.5 Å². The number of methoxy groups -OCH3 is 1. The molecule has 1 unspecified atom stereocenters. The van der Waals surface area contributed by atoms with Crippen LogP contribution in [0.4, 0.5) is 5.82 Å². The predicted octanol–water partition coefficient (Wildman–Crippen LogP) is 4.03. The quantitative estimate of drug-likeness (QED) is 0.577. The Balaban J connectivity index is 1.80. The summed E-state index contributed by atoms with van der Waals surface area (Å²) in [5.74, 6) is 1.09. The van der Waals surface area contributed by atoms with E-state index in [1.165, 1.54) is 6.20 Å². The van der Waals surface area contributed by atoms with E-state index in [0.717, 1.165) is 11.3 Å². The molecule has 156 valence electrons. The lowest BCUT2D eigenvalue weighted by Gasteiger charge is -2.16. The number of ether oxygens (including phenoxy) is 3. The molecule has 30 heavy (non-hydrogen) atoms. The van der Waals surface area contributed by atoms with Gasteiger partial charge in [0.15, 0.2) is 5.82 Å². The van der Waals surface area contributed by atoms with E-state index in [4.69, 9.17) is 14.2 Å². The molecule has 0 aliphatic heterocycles. The van der Waals surface area contributed by atoms with Crippen LogP contribution in [0.15, 0.2) is 60.9 Å². The summed E-state index contributed by atoms with van der Waals surface area (Å²) in [6, 6.07) is 14.9. The fourth-order valence-electron chi connectivity index (χ4n) is 2.74. The van der Waals surface area contributed by atoms with Gasteiger partial charge in [-0.15, -0.1) is 0 Å². The van der Waals surface area contributed by atoms with Crippen molar-refractivity contribution in [3.05, 3.63) is 77.7 Å². The molecule has 2 aromatic carbocycles. The molecule has 3 rings (SSSR count). The van der Waals surface area contributed by atoms with E-state index >= 15 is 0 Å². The summed E-state index contributed by atoms with van der Waals surface area (Å²) >= 11 is 0. The van der Waals surface area contributed by atoms with E-state index in [9.17, 15) is 4.79 Å². The van der Waals surface area contributed by atoms with Gasteiger partial charge < -0.3 is 19.5 Å². The van der Waals surface area contributed by atoms with E-state index in [-0.39, 0.29) is 12.0 Å². The Hall–Kier alpha value is -3.45. The highest BCUT2D eigenvalue weighted by molar-refractivity contribution is 6.04. The van der Waals surface area contributed by atoms with Crippen LogP contribution in [0.1, 0.15) is 28.5 Å². The number of rotatable bonds is 9. The van der Waals surface area contributed by atoms with Crippen LogP contribution in [-0.2, 0) is 11.3 Å². The van der Waals surface area contributed by atoms with Crippen molar-refractivity contribution in [3.63, 3.8) is 0 Å². The highest BCUT2D eigenvalue weighted by Gasteiger charge is 2.13. The summed E-state index contributed by atoms with van der Waals surface area (Å²) in [6.07, 6.45) is 2.93. The number of nitrogens with one attached hydrogen (secondary N) is 1. The minimum atomic E-state index is -0.331. The van der Waals surface area contributed by atoms with Crippen molar-refractivity contribution in [3.8, 4) is 11.5 Å². The SMILES string of the molecule is COCC(C)Oc1cc(OCc2ccccc2)cc(C(=O)Nc2cnc(C)cn2)c1. The molecule has 0 bridgehead atoms. The van der Waals surface area contributed by atoms with Gasteiger partial charge >= 0.3 is 0 Å². The van der Waals surface area contributed by atoms with Gasteiger partial charge in [0.25, 0.3) is 5.91 Å². The molecule has 1 atom stereocenters. The number of amides is 1. The molecule has 0 radical (unpaired) electrons. The third-order valence-corrected chi connectivity index (χ3v) is 4.15. The summed E-state index contributed by atoms with van der Waals surface area (Å²) in [4.78, 5) is 21.1. The van der Waals surface area contributed by atoms with Crippen LogP contribution in [0.2, 0.25) is 0 Å². The third kappa shape index (κ3) is 6.28. The van der Waals surface area contributed by atoms with Crippen molar-refractivity contribution in [2.45, 2.75) is 26.6 Å². The summed E-state index contributed by atoms with van der Waals surface area (Å²) in [6.45, 7) is 4.53. The fraction of sp³-hybridized carbons (Fsp3) is 0.261. The van der Waals surface area contributed by atoms with Gasteiger partial charge in [0, 0.05) is 18.7 Å². The third-order valence-electron chi connectivity index (χ3n) is 4.15. The highest BCUT2D eigenvalue weighted by atomic mass is 16.5. The Bertz CT molecular complexity index is 962. The molecule has 7 heteroatoms. The number of hydrogen-bond donors (Lipinski definition) is 1. The minimum absolute atomic E-state index is 0.182. The average molecular weight is 407 g/mol. The molecule has 1 heterocycles. The summed E-state index contributed by atoms with van der Waals surface area (Å²) in [5.41, 5.74) is 2.19. The van der Waals surface area contributed by atoms with Crippen LogP contribution < -0.4 is 14.8 Å². The Morgan fingerprint density at radius 2 is 1.83 bits per heavy atom. The predicted molar refractivity (Wildman–Crippen MR) is 114 cm³/mol. The molecular formula is C23H25N3O4. The molecule has 0 fully saturated rings. The lowest BCUT2D eigenvalue weighted by atomic mass is 10.1. The molecule has 7 nitrogen and oxygen atoms in total. The number of aromatic nitrogens is 2. The average Bonchev–Trinajstić information content (AvgIpc) is 2.74. The largest absolute Gasteiger partial charge is 0.489 e. The lowest BCUT2D eigenvalue weighted by Crippen LogP contribution is -2.19. The second kappa shape index (κ2) is 10.4. The molecule has 0 spiro atoms. The van der Waals surface area contributed by atoms with Crippen molar-refractivity contribution in [2.24, 2.45) is 0 Å². The summed E-state index contributed by atoms with van der Waals surface area (Å²) < 4.78 is 16.9. The van der Waals surface area contributed by atoms with E-state index in [2.05, 4.69) is 15.3 Å². The van der Waals surface area contributed by atoms with E-state index in [1.54, 1.807) is 31.5 Å². The van der Waals surface area contributed by atoms with Gasteiger partial charge in [0.2, 0.25) is 0 Å². The highest BCUT2D eigenvalue weighted by Crippen LogP contribution is 2.25. The second-order valence-electron chi connectivity index (χ2n) is 6.85. The molecule has 1 aromatic heterocycles. The topological polar surface area (TPSA) is 82.6 Å². The van der Waals surface area contributed by atoms with E-state index in [0.29, 0.717) is 36.1 Å². The number of hydrogen-bond acceptors (Lipinski definition) is 6. The van der Waals surface area contributed by atoms with Crippen LogP contribution >= 0.6 is 0 Å². The number of carbonyl (C=O) groups excluding carboxylic acids is 1. The lowest BCUT2D eigenvalue weighted by molar-refractivity contribution is 0.0914. The van der Waals surface area contributed by atoms with Crippen LogP contribution in [0, 0.1) is 6.92 Å². The normalized spacial score (nSPS) is 11.6. The molecule has 1 N–H and O–H groups in total. The van der Waals surface area contributed by atoms with Crippen LogP contribution in [0.25, 0.3) is 0 Å². The zero-order valence-corrected chi connectivity index (χ0v) is 17.3. The number of nitrogens with zero attached hydrogens (tertiary/aromatic N) is 2. The van der Waals surface area contributed by atoms with E-state index in [1.807, 2.05) is 44.2 Å². The summed E-state index contributed by atoms with van der Waals surface area (Å²) in [5, 5.41) is 2.74. The fourth-order valence-corrected chi connectivity index (χ4v) is 2.74.